The Morgan fingerprint density at radius 3 is 2.52 bits per heavy atom. The Labute approximate surface area is 126 Å². The van der Waals surface area contributed by atoms with Gasteiger partial charge in [-0.3, -0.25) is 10.5 Å². The summed E-state index contributed by atoms with van der Waals surface area (Å²) in [6, 6.07) is 1.20. The third kappa shape index (κ3) is 3.09. The van der Waals surface area contributed by atoms with Crippen molar-refractivity contribution in [2.45, 2.75) is 12.2 Å². The fourth-order valence-corrected chi connectivity index (χ4v) is 2.67. The fourth-order valence-electron chi connectivity index (χ4n) is 2.09. The number of benzene rings is 1. The molecule has 0 amide bonds. The van der Waals surface area contributed by atoms with Crippen LogP contribution in [-0.2, 0) is 13.2 Å². The molecule has 0 aliphatic rings. The zero-order valence-electron chi connectivity index (χ0n) is 10.7. The maximum atomic E-state index is 13.4. The highest BCUT2D eigenvalue weighted by Gasteiger charge is 2.36. The highest BCUT2D eigenvalue weighted by molar-refractivity contribution is 9.10. The van der Waals surface area contributed by atoms with E-state index in [0.717, 1.165) is 12.1 Å². The molecule has 1 aromatic heterocycles. The molecule has 2 aromatic rings. The number of nitrogens with two attached hydrogens (primary N) is 1. The maximum absolute atomic E-state index is 13.4. The molecule has 1 heterocycles. The zero-order chi connectivity index (χ0) is 15.8. The van der Waals surface area contributed by atoms with Gasteiger partial charge in [-0.05, 0) is 39.7 Å². The van der Waals surface area contributed by atoms with Crippen molar-refractivity contribution in [3.05, 3.63) is 51.5 Å². The van der Waals surface area contributed by atoms with Crippen molar-refractivity contribution in [3.8, 4) is 0 Å². The summed E-state index contributed by atoms with van der Waals surface area (Å²) in [5, 5.41) is 3.92. The number of rotatable bonds is 3. The summed E-state index contributed by atoms with van der Waals surface area (Å²) in [7, 11) is 1.55. The van der Waals surface area contributed by atoms with Crippen LogP contribution in [0.15, 0.2) is 28.9 Å². The van der Waals surface area contributed by atoms with Crippen molar-refractivity contribution in [1.82, 2.24) is 15.2 Å². The van der Waals surface area contributed by atoms with E-state index >= 15 is 0 Å². The first-order chi connectivity index (χ1) is 9.75. The molecule has 0 aliphatic heterocycles. The Balaban J connectivity index is 2.65. The van der Waals surface area contributed by atoms with E-state index in [9.17, 15) is 17.6 Å². The number of hydrogen-bond acceptors (Lipinski definition) is 3. The number of halogens is 5. The summed E-state index contributed by atoms with van der Waals surface area (Å²) >= 11 is 3.20. The van der Waals surface area contributed by atoms with Gasteiger partial charge in [-0.2, -0.15) is 18.3 Å². The normalized spacial score (nSPS) is 13.5. The van der Waals surface area contributed by atoms with Crippen LogP contribution in [-0.4, -0.2) is 9.78 Å². The molecule has 4 nitrogen and oxygen atoms in total. The van der Waals surface area contributed by atoms with Gasteiger partial charge in [0.15, 0.2) is 0 Å². The van der Waals surface area contributed by atoms with Crippen molar-refractivity contribution in [3.63, 3.8) is 0 Å². The van der Waals surface area contributed by atoms with E-state index in [4.69, 9.17) is 5.84 Å². The minimum Gasteiger partial charge on any atom is -0.271 e. The van der Waals surface area contributed by atoms with Crippen molar-refractivity contribution in [2.75, 3.05) is 0 Å². The molecule has 0 saturated carbocycles. The van der Waals surface area contributed by atoms with Gasteiger partial charge in [0.1, 0.15) is 5.82 Å². The highest BCUT2D eigenvalue weighted by Crippen LogP contribution is 2.38. The van der Waals surface area contributed by atoms with E-state index < -0.39 is 23.6 Å². The smallest absolute Gasteiger partial charge is 0.271 e. The van der Waals surface area contributed by atoms with Gasteiger partial charge in [0.05, 0.1) is 28.0 Å². The van der Waals surface area contributed by atoms with Crippen molar-refractivity contribution < 1.29 is 17.6 Å². The Morgan fingerprint density at radius 2 is 2.05 bits per heavy atom. The van der Waals surface area contributed by atoms with Crippen LogP contribution in [0.25, 0.3) is 0 Å². The number of hydrazine groups is 1. The minimum absolute atomic E-state index is 0.311. The topological polar surface area (TPSA) is 55.9 Å². The SMILES string of the molecule is Cn1ncc(Br)c1C(NN)c1cc(F)ccc1C(F)(F)F. The van der Waals surface area contributed by atoms with Crippen LogP contribution < -0.4 is 11.3 Å². The third-order valence-corrected chi connectivity index (χ3v) is 3.62. The summed E-state index contributed by atoms with van der Waals surface area (Å²) in [6.07, 6.45) is -3.20. The molecule has 114 valence electrons. The Bertz CT molecular complexity index is 634. The van der Waals surface area contributed by atoms with Gasteiger partial charge >= 0.3 is 6.18 Å². The van der Waals surface area contributed by atoms with E-state index in [0.29, 0.717) is 16.2 Å². The molecule has 0 bridgehead atoms. The number of hydrogen-bond donors (Lipinski definition) is 2. The fraction of sp³-hybridized carbons (Fsp3) is 0.250. The van der Waals surface area contributed by atoms with Gasteiger partial charge < -0.3 is 0 Å². The molecule has 1 atom stereocenters. The van der Waals surface area contributed by atoms with Crippen molar-refractivity contribution >= 4 is 15.9 Å². The van der Waals surface area contributed by atoms with E-state index in [-0.39, 0.29) is 5.56 Å². The predicted octanol–water partition coefficient (Wildman–Crippen LogP) is 2.89. The van der Waals surface area contributed by atoms with E-state index in [2.05, 4.69) is 26.5 Å². The largest absolute Gasteiger partial charge is 0.416 e. The van der Waals surface area contributed by atoms with Crippen molar-refractivity contribution in [2.24, 2.45) is 12.9 Å². The molecule has 2 rings (SSSR count). The van der Waals surface area contributed by atoms with Crippen LogP contribution in [0.5, 0.6) is 0 Å². The lowest BCUT2D eigenvalue weighted by molar-refractivity contribution is -0.138. The molecule has 1 unspecified atom stereocenters. The minimum atomic E-state index is -4.62. The van der Waals surface area contributed by atoms with Crippen LogP contribution in [0.3, 0.4) is 0 Å². The lowest BCUT2D eigenvalue weighted by Gasteiger charge is -2.22. The molecule has 0 saturated heterocycles. The molecule has 0 spiro atoms. The van der Waals surface area contributed by atoms with Gasteiger partial charge in [0, 0.05) is 7.05 Å². The Hall–Kier alpha value is -1.45. The summed E-state index contributed by atoms with van der Waals surface area (Å²) in [5.74, 6) is 4.61. The van der Waals surface area contributed by atoms with Crippen LogP contribution in [0, 0.1) is 5.82 Å². The second-order valence-electron chi connectivity index (χ2n) is 4.33. The lowest BCUT2D eigenvalue weighted by atomic mass is 9.97. The van der Waals surface area contributed by atoms with Crippen LogP contribution >= 0.6 is 15.9 Å². The third-order valence-electron chi connectivity index (χ3n) is 3.01. The second-order valence-corrected chi connectivity index (χ2v) is 5.18. The summed E-state index contributed by atoms with van der Waals surface area (Å²) in [6.45, 7) is 0. The van der Waals surface area contributed by atoms with E-state index in [1.807, 2.05) is 0 Å². The van der Waals surface area contributed by atoms with E-state index in [1.54, 1.807) is 7.05 Å². The van der Waals surface area contributed by atoms with Crippen molar-refractivity contribution in [1.29, 1.82) is 0 Å². The summed E-state index contributed by atoms with van der Waals surface area (Å²) in [4.78, 5) is 0. The number of nitrogens with one attached hydrogen (secondary N) is 1. The van der Waals surface area contributed by atoms with Gasteiger partial charge in [-0.25, -0.2) is 9.82 Å². The van der Waals surface area contributed by atoms with Crippen LogP contribution in [0.2, 0.25) is 0 Å². The average molecular weight is 367 g/mol. The number of alkyl halides is 3. The number of aromatic nitrogens is 2. The number of nitrogens with zero attached hydrogens (tertiary/aromatic N) is 2. The Kier molecular flexibility index (Phi) is 4.35. The van der Waals surface area contributed by atoms with Gasteiger partial charge in [-0.1, -0.05) is 0 Å². The second kappa shape index (κ2) is 5.74. The first kappa shape index (κ1) is 15.9. The molecule has 3 N–H and O–H groups in total. The number of aryl methyl sites for hydroxylation is 1. The van der Waals surface area contributed by atoms with Gasteiger partial charge in [-0.15, -0.1) is 0 Å². The van der Waals surface area contributed by atoms with Crippen LogP contribution in [0.4, 0.5) is 17.6 Å². The standard InChI is InChI=1S/C12H11BrF4N4/c1-21-11(9(13)5-19-21)10(20-18)7-4-6(14)2-3-8(7)12(15,16)17/h2-5,10,20H,18H2,1H3. The summed E-state index contributed by atoms with van der Waals surface area (Å²) < 4.78 is 54.5. The first-order valence-electron chi connectivity index (χ1n) is 5.76. The zero-order valence-corrected chi connectivity index (χ0v) is 12.3. The molecule has 0 fully saturated rings. The highest BCUT2D eigenvalue weighted by atomic mass is 79.9. The molecular weight excluding hydrogens is 356 g/mol. The summed E-state index contributed by atoms with van der Waals surface area (Å²) in [5.41, 5.74) is 1.37. The molecule has 1 aromatic carbocycles. The Morgan fingerprint density at radius 1 is 1.38 bits per heavy atom. The molecule has 9 heteroatoms. The van der Waals surface area contributed by atoms with Gasteiger partial charge in [0.25, 0.3) is 0 Å². The lowest BCUT2D eigenvalue weighted by Crippen LogP contribution is -2.32. The molecule has 0 radical (unpaired) electrons. The monoisotopic (exact) mass is 366 g/mol. The molecular formula is C12H11BrF4N4. The van der Waals surface area contributed by atoms with E-state index in [1.165, 1.54) is 10.9 Å². The quantitative estimate of drug-likeness (QED) is 0.498. The predicted molar refractivity (Wildman–Crippen MR) is 71.5 cm³/mol. The first-order valence-corrected chi connectivity index (χ1v) is 6.55. The average Bonchev–Trinajstić information content (AvgIpc) is 2.70. The van der Waals surface area contributed by atoms with Crippen LogP contribution in [0.1, 0.15) is 22.9 Å². The van der Waals surface area contributed by atoms with Gasteiger partial charge in [0.2, 0.25) is 0 Å². The maximum Gasteiger partial charge on any atom is 0.416 e. The molecule has 0 aliphatic carbocycles. The molecule has 21 heavy (non-hydrogen) atoms.